The molecule has 2 heterocycles. The van der Waals surface area contributed by atoms with Crippen LogP contribution < -0.4 is 5.32 Å². The molecule has 1 aliphatic rings. The molecule has 2 unspecified atom stereocenters. The standard InChI is InChI=1S/C11H18N2O2/c1-8-3-4-10(14-8)6-12-7-11-13-5-9(2)15-11/h5,8,10,12H,3-4,6-7H2,1-2H3. The lowest BCUT2D eigenvalue weighted by atomic mass is 10.2. The van der Waals surface area contributed by atoms with Crippen molar-refractivity contribution < 1.29 is 9.15 Å². The van der Waals surface area contributed by atoms with Crippen LogP contribution in [0.5, 0.6) is 0 Å². The Kier molecular flexibility index (Phi) is 3.38. The average molecular weight is 210 g/mol. The molecule has 1 aromatic rings. The molecule has 0 spiro atoms. The highest BCUT2D eigenvalue weighted by Gasteiger charge is 2.21. The van der Waals surface area contributed by atoms with Crippen molar-refractivity contribution in [2.24, 2.45) is 0 Å². The van der Waals surface area contributed by atoms with Gasteiger partial charge >= 0.3 is 0 Å². The first-order chi connectivity index (χ1) is 7.24. The topological polar surface area (TPSA) is 47.3 Å². The summed E-state index contributed by atoms with van der Waals surface area (Å²) in [6.45, 7) is 5.59. The molecular formula is C11H18N2O2. The van der Waals surface area contributed by atoms with Crippen molar-refractivity contribution in [2.45, 2.75) is 45.4 Å². The molecule has 0 bridgehead atoms. The number of nitrogens with one attached hydrogen (secondary N) is 1. The summed E-state index contributed by atoms with van der Waals surface area (Å²) in [7, 11) is 0. The monoisotopic (exact) mass is 210 g/mol. The number of hydrogen-bond donors (Lipinski definition) is 1. The predicted molar refractivity (Wildman–Crippen MR) is 56.5 cm³/mol. The van der Waals surface area contributed by atoms with Gasteiger partial charge in [0.15, 0.2) is 0 Å². The Morgan fingerprint density at radius 3 is 3.00 bits per heavy atom. The molecule has 1 aromatic heterocycles. The van der Waals surface area contributed by atoms with Crippen LogP contribution in [0, 0.1) is 6.92 Å². The highest BCUT2D eigenvalue weighted by atomic mass is 16.5. The molecule has 0 aliphatic carbocycles. The van der Waals surface area contributed by atoms with E-state index in [4.69, 9.17) is 9.15 Å². The van der Waals surface area contributed by atoms with Gasteiger partial charge in [-0.15, -0.1) is 0 Å². The molecular weight excluding hydrogens is 192 g/mol. The van der Waals surface area contributed by atoms with Gasteiger partial charge in [-0.3, -0.25) is 0 Å². The van der Waals surface area contributed by atoms with Crippen LogP contribution in [0.3, 0.4) is 0 Å². The zero-order chi connectivity index (χ0) is 10.7. The average Bonchev–Trinajstić information content (AvgIpc) is 2.76. The molecule has 0 radical (unpaired) electrons. The van der Waals surface area contributed by atoms with Gasteiger partial charge in [-0.25, -0.2) is 4.98 Å². The van der Waals surface area contributed by atoms with Crippen molar-refractivity contribution in [3.63, 3.8) is 0 Å². The second-order valence-corrected chi connectivity index (χ2v) is 4.14. The van der Waals surface area contributed by atoms with Gasteiger partial charge in [0, 0.05) is 6.54 Å². The minimum absolute atomic E-state index is 0.357. The Labute approximate surface area is 90.0 Å². The van der Waals surface area contributed by atoms with Crippen molar-refractivity contribution in [3.8, 4) is 0 Å². The molecule has 15 heavy (non-hydrogen) atoms. The molecule has 4 heteroatoms. The zero-order valence-electron chi connectivity index (χ0n) is 9.32. The van der Waals surface area contributed by atoms with Gasteiger partial charge < -0.3 is 14.5 Å². The van der Waals surface area contributed by atoms with Gasteiger partial charge in [0.2, 0.25) is 5.89 Å². The molecule has 1 saturated heterocycles. The maximum Gasteiger partial charge on any atom is 0.208 e. The number of nitrogens with zero attached hydrogens (tertiary/aromatic N) is 1. The summed E-state index contributed by atoms with van der Waals surface area (Å²) in [6, 6.07) is 0. The van der Waals surface area contributed by atoms with E-state index >= 15 is 0 Å². The minimum Gasteiger partial charge on any atom is -0.445 e. The molecule has 84 valence electrons. The highest BCUT2D eigenvalue weighted by Crippen LogP contribution is 2.18. The Bertz CT molecular complexity index is 311. The molecule has 1 N–H and O–H groups in total. The summed E-state index contributed by atoms with van der Waals surface area (Å²) in [5.41, 5.74) is 0. The third-order valence-electron chi connectivity index (χ3n) is 2.64. The smallest absolute Gasteiger partial charge is 0.208 e. The maximum atomic E-state index is 5.69. The lowest BCUT2D eigenvalue weighted by Crippen LogP contribution is -2.26. The SMILES string of the molecule is Cc1cnc(CNCC2CCC(C)O2)o1. The van der Waals surface area contributed by atoms with E-state index in [9.17, 15) is 0 Å². The Balaban J connectivity index is 1.67. The Hall–Kier alpha value is -0.870. The van der Waals surface area contributed by atoms with E-state index in [1.807, 2.05) is 6.92 Å². The molecule has 2 rings (SSSR count). The zero-order valence-corrected chi connectivity index (χ0v) is 9.32. The first-order valence-corrected chi connectivity index (χ1v) is 5.51. The fraction of sp³-hybridized carbons (Fsp3) is 0.727. The normalized spacial score (nSPS) is 26.0. The van der Waals surface area contributed by atoms with Gasteiger partial charge in [-0.1, -0.05) is 0 Å². The van der Waals surface area contributed by atoms with Crippen LogP contribution in [-0.2, 0) is 11.3 Å². The highest BCUT2D eigenvalue weighted by molar-refractivity contribution is 4.90. The van der Waals surface area contributed by atoms with Crippen molar-refractivity contribution in [1.82, 2.24) is 10.3 Å². The van der Waals surface area contributed by atoms with E-state index in [0.29, 0.717) is 18.8 Å². The van der Waals surface area contributed by atoms with Crippen LogP contribution in [-0.4, -0.2) is 23.7 Å². The number of ether oxygens (including phenoxy) is 1. The van der Waals surface area contributed by atoms with Crippen molar-refractivity contribution in [1.29, 1.82) is 0 Å². The summed E-state index contributed by atoms with van der Waals surface area (Å²) in [4.78, 5) is 4.12. The summed E-state index contributed by atoms with van der Waals surface area (Å²) in [6.07, 6.45) is 4.84. The molecule has 2 atom stereocenters. The van der Waals surface area contributed by atoms with E-state index in [1.54, 1.807) is 6.20 Å². The van der Waals surface area contributed by atoms with Crippen LogP contribution >= 0.6 is 0 Å². The van der Waals surface area contributed by atoms with Gasteiger partial charge in [-0.2, -0.15) is 0 Å². The third-order valence-corrected chi connectivity index (χ3v) is 2.64. The second kappa shape index (κ2) is 4.77. The molecule has 0 saturated carbocycles. The fourth-order valence-corrected chi connectivity index (χ4v) is 1.86. The largest absolute Gasteiger partial charge is 0.445 e. The fourth-order valence-electron chi connectivity index (χ4n) is 1.86. The van der Waals surface area contributed by atoms with E-state index < -0.39 is 0 Å². The van der Waals surface area contributed by atoms with Crippen LogP contribution in [0.15, 0.2) is 10.6 Å². The van der Waals surface area contributed by atoms with Crippen molar-refractivity contribution in [2.75, 3.05) is 6.54 Å². The lowest BCUT2D eigenvalue weighted by molar-refractivity contribution is 0.0556. The van der Waals surface area contributed by atoms with E-state index in [0.717, 1.165) is 24.6 Å². The Morgan fingerprint density at radius 2 is 2.40 bits per heavy atom. The van der Waals surface area contributed by atoms with Crippen molar-refractivity contribution >= 4 is 0 Å². The summed E-state index contributed by atoms with van der Waals surface area (Å²) < 4.78 is 11.0. The van der Waals surface area contributed by atoms with Gasteiger partial charge in [0.25, 0.3) is 0 Å². The molecule has 1 fully saturated rings. The first kappa shape index (κ1) is 10.6. The number of aryl methyl sites for hydroxylation is 1. The Morgan fingerprint density at radius 1 is 1.53 bits per heavy atom. The van der Waals surface area contributed by atoms with E-state index in [-0.39, 0.29) is 0 Å². The lowest BCUT2D eigenvalue weighted by Gasteiger charge is -2.10. The predicted octanol–water partition coefficient (Wildman–Crippen LogP) is 1.64. The van der Waals surface area contributed by atoms with Crippen LogP contribution in [0.1, 0.15) is 31.4 Å². The maximum absolute atomic E-state index is 5.69. The van der Waals surface area contributed by atoms with Crippen LogP contribution in [0.4, 0.5) is 0 Å². The minimum atomic E-state index is 0.357. The van der Waals surface area contributed by atoms with E-state index in [1.165, 1.54) is 6.42 Å². The number of rotatable bonds is 4. The number of oxazole rings is 1. The third kappa shape index (κ3) is 3.04. The van der Waals surface area contributed by atoms with Gasteiger partial charge in [0.05, 0.1) is 24.9 Å². The number of aromatic nitrogens is 1. The molecule has 1 aliphatic heterocycles. The van der Waals surface area contributed by atoms with Gasteiger partial charge in [0.1, 0.15) is 5.76 Å². The molecule has 0 aromatic carbocycles. The van der Waals surface area contributed by atoms with E-state index in [2.05, 4.69) is 17.2 Å². The number of hydrogen-bond acceptors (Lipinski definition) is 4. The van der Waals surface area contributed by atoms with Crippen molar-refractivity contribution in [3.05, 3.63) is 17.8 Å². The summed E-state index contributed by atoms with van der Waals surface area (Å²) in [5, 5.41) is 3.30. The van der Waals surface area contributed by atoms with Crippen LogP contribution in [0.2, 0.25) is 0 Å². The first-order valence-electron chi connectivity index (χ1n) is 5.51. The van der Waals surface area contributed by atoms with Gasteiger partial charge in [-0.05, 0) is 26.7 Å². The summed E-state index contributed by atoms with van der Waals surface area (Å²) in [5.74, 6) is 1.61. The summed E-state index contributed by atoms with van der Waals surface area (Å²) >= 11 is 0. The molecule has 4 nitrogen and oxygen atoms in total. The second-order valence-electron chi connectivity index (χ2n) is 4.14. The molecule has 0 amide bonds. The van der Waals surface area contributed by atoms with Crippen LogP contribution in [0.25, 0.3) is 0 Å². The quantitative estimate of drug-likeness (QED) is 0.820.